The molecular formula is C17H16N4O3. The zero-order valence-corrected chi connectivity index (χ0v) is 13.1. The molecule has 0 radical (unpaired) electrons. The number of carbonyl (C=O) groups is 1. The number of amides is 1. The average Bonchev–Trinajstić information content (AvgIpc) is 3.11. The van der Waals surface area contributed by atoms with Gasteiger partial charge in [-0.2, -0.15) is 0 Å². The van der Waals surface area contributed by atoms with Crippen LogP contribution in [0.1, 0.15) is 16.2 Å². The van der Waals surface area contributed by atoms with Gasteiger partial charge in [0.05, 0.1) is 12.7 Å². The summed E-state index contributed by atoms with van der Waals surface area (Å²) in [5, 5.41) is 10.8. The Morgan fingerprint density at radius 3 is 2.75 bits per heavy atom. The van der Waals surface area contributed by atoms with Crippen LogP contribution in [0.2, 0.25) is 0 Å². The number of nitrogens with zero attached hydrogens (tertiary/aromatic N) is 3. The summed E-state index contributed by atoms with van der Waals surface area (Å²) in [6, 6.07) is 10.6. The van der Waals surface area contributed by atoms with Crippen LogP contribution in [0.4, 0.5) is 0 Å². The molecule has 0 bridgehead atoms. The van der Waals surface area contributed by atoms with Crippen LogP contribution in [-0.4, -0.2) is 34.7 Å². The van der Waals surface area contributed by atoms with Crippen LogP contribution in [0.5, 0.6) is 5.75 Å². The molecule has 1 amide bonds. The summed E-state index contributed by atoms with van der Waals surface area (Å²) in [6.07, 6.45) is 3.76. The molecule has 0 aliphatic heterocycles. The lowest BCUT2D eigenvalue weighted by molar-refractivity contribution is 0.0950. The normalized spacial score (nSPS) is 10.4. The predicted octanol–water partition coefficient (Wildman–Crippen LogP) is 2.11. The van der Waals surface area contributed by atoms with E-state index in [1.807, 2.05) is 6.07 Å². The second-order valence-electron chi connectivity index (χ2n) is 4.94. The Morgan fingerprint density at radius 2 is 1.96 bits per heavy atom. The highest BCUT2D eigenvalue weighted by molar-refractivity contribution is 5.96. The maximum absolute atomic E-state index is 12.2. The van der Waals surface area contributed by atoms with Crippen LogP contribution in [0.15, 0.2) is 53.2 Å². The number of nitrogens with one attached hydrogen (secondary N) is 1. The third-order valence-electron chi connectivity index (χ3n) is 3.37. The van der Waals surface area contributed by atoms with Crippen molar-refractivity contribution in [3.63, 3.8) is 0 Å². The molecule has 3 rings (SSSR count). The Hall–Kier alpha value is -3.22. The van der Waals surface area contributed by atoms with E-state index in [0.717, 1.165) is 5.56 Å². The third-order valence-corrected chi connectivity index (χ3v) is 3.37. The molecule has 7 heteroatoms. The van der Waals surface area contributed by atoms with Crippen molar-refractivity contribution >= 4 is 5.91 Å². The number of methoxy groups -OCH3 is 1. The number of benzene rings is 1. The van der Waals surface area contributed by atoms with Crippen LogP contribution in [0.3, 0.4) is 0 Å². The van der Waals surface area contributed by atoms with E-state index in [2.05, 4.69) is 20.5 Å². The van der Waals surface area contributed by atoms with E-state index in [0.29, 0.717) is 36.1 Å². The van der Waals surface area contributed by atoms with Gasteiger partial charge in [-0.15, -0.1) is 10.2 Å². The fourth-order valence-corrected chi connectivity index (χ4v) is 2.18. The molecule has 0 saturated carbocycles. The van der Waals surface area contributed by atoms with Gasteiger partial charge in [-0.05, 0) is 24.3 Å². The summed E-state index contributed by atoms with van der Waals surface area (Å²) in [6.45, 7) is 0.384. The van der Waals surface area contributed by atoms with Crippen molar-refractivity contribution < 1.29 is 13.9 Å². The Labute approximate surface area is 138 Å². The molecule has 2 aromatic heterocycles. The zero-order valence-electron chi connectivity index (χ0n) is 13.1. The summed E-state index contributed by atoms with van der Waals surface area (Å²) < 4.78 is 10.8. The van der Waals surface area contributed by atoms with Crippen molar-refractivity contribution in [2.24, 2.45) is 0 Å². The Bertz CT molecular complexity index is 817. The van der Waals surface area contributed by atoms with Crippen LogP contribution in [0.25, 0.3) is 11.5 Å². The van der Waals surface area contributed by atoms with E-state index >= 15 is 0 Å². The van der Waals surface area contributed by atoms with Gasteiger partial charge in [0.25, 0.3) is 5.91 Å². The van der Waals surface area contributed by atoms with E-state index in [-0.39, 0.29) is 5.91 Å². The first-order valence-electron chi connectivity index (χ1n) is 7.42. The fraction of sp³-hybridized carbons (Fsp3) is 0.176. The first kappa shape index (κ1) is 15.7. The van der Waals surface area contributed by atoms with Gasteiger partial charge in [-0.3, -0.25) is 9.78 Å². The second kappa shape index (κ2) is 7.36. The molecule has 0 spiro atoms. The van der Waals surface area contributed by atoms with Gasteiger partial charge in [-0.25, -0.2) is 0 Å². The fourth-order valence-electron chi connectivity index (χ4n) is 2.18. The largest absolute Gasteiger partial charge is 0.496 e. The smallest absolute Gasteiger partial charge is 0.255 e. The highest BCUT2D eigenvalue weighted by atomic mass is 16.5. The average molecular weight is 324 g/mol. The van der Waals surface area contributed by atoms with E-state index in [4.69, 9.17) is 9.15 Å². The number of ether oxygens (including phenoxy) is 1. The molecule has 0 aliphatic rings. The number of para-hydroxylation sites is 1. The Balaban J connectivity index is 1.57. The van der Waals surface area contributed by atoms with E-state index in [1.54, 1.807) is 42.7 Å². The molecule has 0 aliphatic carbocycles. The summed E-state index contributed by atoms with van der Waals surface area (Å²) in [7, 11) is 1.53. The minimum atomic E-state index is -0.207. The highest BCUT2D eigenvalue weighted by Gasteiger charge is 2.12. The van der Waals surface area contributed by atoms with Gasteiger partial charge in [-0.1, -0.05) is 12.1 Å². The van der Waals surface area contributed by atoms with Gasteiger partial charge >= 0.3 is 0 Å². The zero-order chi connectivity index (χ0) is 16.8. The molecule has 7 nitrogen and oxygen atoms in total. The molecule has 0 atom stereocenters. The maximum atomic E-state index is 12.2. The molecule has 0 fully saturated rings. The number of pyridine rings is 1. The SMILES string of the molecule is COc1ccccc1C(=O)NCCc1nnc(-c2ccncc2)o1. The molecule has 0 unspecified atom stereocenters. The number of rotatable bonds is 6. The van der Waals surface area contributed by atoms with Crippen LogP contribution >= 0.6 is 0 Å². The van der Waals surface area contributed by atoms with Gasteiger partial charge in [0.2, 0.25) is 11.8 Å². The number of aromatic nitrogens is 3. The molecule has 0 saturated heterocycles. The number of hydrogen-bond donors (Lipinski definition) is 1. The van der Waals surface area contributed by atoms with E-state index in [9.17, 15) is 4.79 Å². The van der Waals surface area contributed by atoms with Gasteiger partial charge < -0.3 is 14.5 Å². The molecule has 3 aromatic rings. The third kappa shape index (κ3) is 3.57. The Kier molecular flexibility index (Phi) is 4.81. The van der Waals surface area contributed by atoms with Crippen LogP contribution in [-0.2, 0) is 6.42 Å². The van der Waals surface area contributed by atoms with Crippen molar-refractivity contribution in [1.29, 1.82) is 0 Å². The topological polar surface area (TPSA) is 90.1 Å². The van der Waals surface area contributed by atoms with Crippen molar-refractivity contribution in [3.8, 4) is 17.2 Å². The lowest BCUT2D eigenvalue weighted by atomic mass is 10.2. The van der Waals surface area contributed by atoms with Gasteiger partial charge in [0.15, 0.2) is 0 Å². The van der Waals surface area contributed by atoms with E-state index in [1.165, 1.54) is 7.11 Å². The highest BCUT2D eigenvalue weighted by Crippen LogP contribution is 2.17. The lowest BCUT2D eigenvalue weighted by Crippen LogP contribution is -2.26. The Morgan fingerprint density at radius 1 is 1.17 bits per heavy atom. The van der Waals surface area contributed by atoms with Crippen LogP contribution < -0.4 is 10.1 Å². The monoisotopic (exact) mass is 324 g/mol. The first-order valence-corrected chi connectivity index (χ1v) is 7.42. The summed E-state index contributed by atoms with van der Waals surface area (Å²) >= 11 is 0. The molecular weight excluding hydrogens is 308 g/mol. The predicted molar refractivity (Wildman–Crippen MR) is 86.6 cm³/mol. The minimum Gasteiger partial charge on any atom is -0.496 e. The molecule has 1 aromatic carbocycles. The van der Waals surface area contributed by atoms with Crippen molar-refractivity contribution in [1.82, 2.24) is 20.5 Å². The second-order valence-corrected chi connectivity index (χ2v) is 4.94. The van der Waals surface area contributed by atoms with Gasteiger partial charge in [0, 0.05) is 30.9 Å². The van der Waals surface area contributed by atoms with Crippen molar-refractivity contribution in [3.05, 3.63) is 60.2 Å². The number of hydrogen-bond acceptors (Lipinski definition) is 6. The molecule has 24 heavy (non-hydrogen) atoms. The van der Waals surface area contributed by atoms with Crippen LogP contribution in [0, 0.1) is 0 Å². The summed E-state index contributed by atoms with van der Waals surface area (Å²) in [4.78, 5) is 16.1. The molecule has 122 valence electrons. The lowest BCUT2D eigenvalue weighted by Gasteiger charge is -2.08. The van der Waals surface area contributed by atoms with Crippen molar-refractivity contribution in [2.75, 3.05) is 13.7 Å². The van der Waals surface area contributed by atoms with Gasteiger partial charge in [0.1, 0.15) is 5.75 Å². The maximum Gasteiger partial charge on any atom is 0.255 e. The summed E-state index contributed by atoms with van der Waals surface area (Å²) in [5.41, 5.74) is 1.30. The summed E-state index contributed by atoms with van der Waals surface area (Å²) in [5.74, 6) is 1.22. The number of carbonyl (C=O) groups excluding carboxylic acids is 1. The standard InChI is InChI=1S/C17H16N4O3/c1-23-14-5-3-2-4-13(14)16(22)19-11-8-15-20-21-17(24-15)12-6-9-18-10-7-12/h2-7,9-10H,8,11H2,1H3,(H,19,22). The molecule has 2 heterocycles. The first-order chi connectivity index (χ1) is 11.8. The minimum absolute atomic E-state index is 0.207. The van der Waals surface area contributed by atoms with E-state index < -0.39 is 0 Å². The molecule has 1 N–H and O–H groups in total. The van der Waals surface area contributed by atoms with Crippen molar-refractivity contribution in [2.45, 2.75) is 6.42 Å². The quantitative estimate of drug-likeness (QED) is 0.747.